The quantitative estimate of drug-likeness (QED) is 0.468. The van der Waals surface area contributed by atoms with Gasteiger partial charge in [0.05, 0.1) is 12.1 Å². The molecule has 0 spiro atoms. The summed E-state index contributed by atoms with van der Waals surface area (Å²) >= 11 is 0. The lowest BCUT2D eigenvalue weighted by Gasteiger charge is -2.15. The number of fused-ring (bicyclic) bond motifs is 1. The Morgan fingerprint density at radius 3 is 2.69 bits per heavy atom. The van der Waals surface area contributed by atoms with Crippen LogP contribution < -0.4 is 4.72 Å². The van der Waals surface area contributed by atoms with Crippen molar-refractivity contribution >= 4 is 21.7 Å². The summed E-state index contributed by atoms with van der Waals surface area (Å²) in [5.41, 5.74) is 5.39. The first-order valence-electron chi connectivity index (χ1n) is 11.9. The van der Waals surface area contributed by atoms with Crippen molar-refractivity contribution in [3.8, 4) is 11.1 Å². The second kappa shape index (κ2) is 10.2. The molecule has 0 saturated carbocycles. The highest BCUT2D eigenvalue weighted by Crippen LogP contribution is 2.34. The number of nitrogens with one attached hydrogen (secondary N) is 1. The number of carbonyl (C=O) groups is 1. The largest absolute Gasteiger partial charge is 0.361 e. The lowest BCUT2D eigenvalue weighted by molar-refractivity contribution is -0.118. The van der Waals surface area contributed by atoms with Crippen molar-refractivity contribution in [2.75, 3.05) is 14.1 Å². The summed E-state index contributed by atoms with van der Waals surface area (Å²) in [7, 11) is -0.360. The highest BCUT2D eigenvalue weighted by molar-refractivity contribution is 7.90. The van der Waals surface area contributed by atoms with Gasteiger partial charge in [-0.05, 0) is 87.2 Å². The third kappa shape index (κ3) is 5.32. The van der Waals surface area contributed by atoms with Crippen molar-refractivity contribution in [1.29, 1.82) is 0 Å². The Bertz CT molecular complexity index is 1450. The van der Waals surface area contributed by atoms with E-state index in [2.05, 4.69) is 25.7 Å². The van der Waals surface area contributed by atoms with Gasteiger partial charge < -0.3 is 9.74 Å². The van der Waals surface area contributed by atoms with Gasteiger partial charge in [-0.15, -0.1) is 4.98 Å². The van der Waals surface area contributed by atoms with Crippen molar-refractivity contribution in [3.05, 3.63) is 70.3 Å². The summed E-state index contributed by atoms with van der Waals surface area (Å²) in [6.45, 7) is 11.7. The molecule has 1 N–H and O–H groups in total. The maximum absolute atomic E-state index is 13.1. The number of amides is 1. The van der Waals surface area contributed by atoms with Crippen molar-refractivity contribution in [2.24, 2.45) is 0 Å². The number of aryl methyl sites for hydroxylation is 1. The first kappa shape index (κ1) is 25.5. The molecule has 2 aromatic heterocycles. The van der Waals surface area contributed by atoms with Crippen LogP contribution in [0.4, 0.5) is 5.82 Å². The monoisotopic (exact) mass is 506 g/mol. The fourth-order valence-electron chi connectivity index (χ4n) is 4.69. The fraction of sp³-hybridized carbons (Fsp3) is 0.385. The number of pyridine rings is 1. The molecule has 9 nitrogen and oxygen atoms in total. The van der Waals surface area contributed by atoms with Gasteiger partial charge in [-0.25, -0.2) is 4.72 Å². The van der Waals surface area contributed by atoms with Crippen molar-refractivity contribution in [2.45, 2.75) is 57.1 Å². The Morgan fingerprint density at radius 2 is 2.00 bits per heavy atom. The molecule has 0 aliphatic heterocycles. The van der Waals surface area contributed by atoms with Crippen LogP contribution in [-0.2, 0) is 40.6 Å². The molecule has 3 aromatic rings. The molecule has 0 radical (unpaired) electrons. The minimum absolute atomic E-state index is 0.0326. The highest BCUT2D eigenvalue weighted by Gasteiger charge is 2.26. The van der Waals surface area contributed by atoms with Crippen LogP contribution >= 0.6 is 0 Å². The lowest BCUT2D eigenvalue weighted by atomic mass is 9.91. The summed E-state index contributed by atoms with van der Waals surface area (Å²) in [6, 6.07) is 8.97. The second-order valence-electron chi connectivity index (χ2n) is 9.55. The Balaban J connectivity index is 1.64. The molecule has 4 rings (SSSR count). The number of hydrogen-bond donors (Lipinski definition) is 1. The molecule has 0 bridgehead atoms. The van der Waals surface area contributed by atoms with E-state index in [1.807, 2.05) is 38.9 Å². The summed E-state index contributed by atoms with van der Waals surface area (Å²) in [5.74, 6) is -0.357. The van der Waals surface area contributed by atoms with Gasteiger partial charge in [-0.2, -0.15) is 13.5 Å². The van der Waals surface area contributed by atoms with Gasteiger partial charge in [-0.3, -0.25) is 9.48 Å². The number of sulfonamides is 1. The Morgan fingerprint density at radius 1 is 1.22 bits per heavy atom. The van der Waals surface area contributed by atoms with Crippen molar-refractivity contribution < 1.29 is 13.2 Å². The van der Waals surface area contributed by atoms with Crippen molar-refractivity contribution in [1.82, 2.24) is 24.4 Å². The van der Waals surface area contributed by atoms with E-state index in [0.717, 1.165) is 47.2 Å². The predicted molar refractivity (Wildman–Crippen MR) is 137 cm³/mol. The molecular formula is C26H30N6O3S. The Labute approximate surface area is 212 Å². The number of nitrogens with zero attached hydrogens (tertiary/aromatic N) is 5. The molecular weight excluding hydrogens is 476 g/mol. The summed E-state index contributed by atoms with van der Waals surface area (Å²) in [4.78, 5) is 22.5. The minimum Gasteiger partial charge on any atom is -0.361 e. The molecule has 36 heavy (non-hydrogen) atoms. The maximum atomic E-state index is 13.1. The first-order valence-corrected chi connectivity index (χ1v) is 13.3. The normalized spacial score (nSPS) is 13.1. The predicted octanol–water partition coefficient (Wildman–Crippen LogP) is 3.67. The van der Waals surface area contributed by atoms with Gasteiger partial charge in [0.1, 0.15) is 6.20 Å². The van der Waals surface area contributed by atoms with E-state index >= 15 is 0 Å². The standard InChI is InChI=1S/C26H30N6O3S/c1-17(2)32-20(16-31(4)5)14-26(29-32)36(34,35)30-25(33)15-23-21-8-6-7-18(21)9-10-22(23)19-11-12-28-24(13-19)27-3/h9-14,17H,6-8,15-16H2,1-2,4-5H3,(H,30,33). The Hall–Kier alpha value is -3.55. The van der Waals surface area contributed by atoms with Crippen LogP contribution in [0, 0.1) is 6.57 Å². The van der Waals surface area contributed by atoms with E-state index in [4.69, 9.17) is 6.57 Å². The molecule has 0 fully saturated rings. The molecule has 1 aliphatic rings. The zero-order chi connectivity index (χ0) is 26.0. The highest BCUT2D eigenvalue weighted by atomic mass is 32.2. The van der Waals surface area contributed by atoms with E-state index < -0.39 is 15.9 Å². The molecule has 1 aliphatic carbocycles. The number of aromatic nitrogens is 3. The fourth-order valence-corrected chi connectivity index (χ4v) is 5.65. The molecule has 0 unspecified atom stereocenters. The number of benzene rings is 1. The molecule has 0 atom stereocenters. The van der Waals surface area contributed by atoms with Gasteiger partial charge in [0.25, 0.3) is 15.8 Å². The van der Waals surface area contributed by atoms with E-state index in [1.54, 1.807) is 23.0 Å². The van der Waals surface area contributed by atoms with E-state index in [0.29, 0.717) is 6.54 Å². The van der Waals surface area contributed by atoms with Gasteiger partial charge in [0.2, 0.25) is 5.91 Å². The van der Waals surface area contributed by atoms with Crippen LogP contribution in [0.5, 0.6) is 0 Å². The molecule has 1 aromatic carbocycles. The van der Waals surface area contributed by atoms with Crippen LogP contribution in [0.2, 0.25) is 0 Å². The molecule has 0 saturated heterocycles. The van der Waals surface area contributed by atoms with Crippen LogP contribution in [0.1, 0.15) is 48.7 Å². The zero-order valence-electron chi connectivity index (χ0n) is 20.9. The number of hydrogen-bond acceptors (Lipinski definition) is 6. The van der Waals surface area contributed by atoms with Crippen LogP contribution in [0.25, 0.3) is 16.0 Å². The maximum Gasteiger partial charge on any atom is 0.283 e. The third-order valence-corrected chi connectivity index (χ3v) is 7.44. The summed E-state index contributed by atoms with van der Waals surface area (Å²) in [5, 5.41) is 4.12. The zero-order valence-corrected chi connectivity index (χ0v) is 21.8. The SMILES string of the molecule is [C-]#[N+]c1cc(-c2ccc3c(c2CC(=O)NS(=O)(=O)c2cc(CN(C)C)n(C(C)C)n2)CCC3)ccn1. The smallest absolute Gasteiger partial charge is 0.283 e. The van der Waals surface area contributed by atoms with Crippen LogP contribution in [0.15, 0.2) is 41.6 Å². The van der Waals surface area contributed by atoms with E-state index in [-0.39, 0.29) is 23.3 Å². The number of carbonyl (C=O) groups excluding carboxylic acids is 1. The van der Waals surface area contributed by atoms with E-state index in [9.17, 15) is 13.2 Å². The van der Waals surface area contributed by atoms with Gasteiger partial charge in [0, 0.05) is 18.7 Å². The third-order valence-electron chi connectivity index (χ3n) is 6.19. The average molecular weight is 507 g/mol. The molecule has 10 heteroatoms. The van der Waals surface area contributed by atoms with Gasteiger partial charge in [0.15, 0.2) is 5.03 Å². The molecule has 188 valence electrons. The number of rotatable bonds is 8. The first-order chi connectivity index (χ1) is 17.1. The molecule has 1 amide bonds. The second-order valence-corrected chi connectivity index (χ2v) is 11.2. The van der Waals surface area contributed by atoms with Crippen LogP contribution in [-0.4, -0.2) is 48.1 Å². The minimum atomic E-state index is -4.15. The lowest BCUT2D eigenvalue weighted by Crippen LogP contribution is -2.32. The summed E-state index contributed by atoms with van der Waals surface area (Å²) in [6.07, 6.45) is 4.21. The van der Waals surface area contributed by atoms with Crippen LogP contribution in [0.3, 0.4) is 0 Å². The average Bonchev–Trinajstić information content (AvgIpc) is 3.46. The van der Waals surface area contributed by atoms with Crippen molar-refractivity contribution in [3.63, 3.8) is 0 Å². The van der Waals surface area contributed by atoms with Gasteiger partial charge >= 0.3 is 0 Å². The summed E-state index contributed by atoms with van der Waals surface area (Å²) < 4.78 is 30.1. The topological polar surface area (TPSA) is 102 Å². The molecule has 2 heterocycles. The Kier molecular flexibility index (Phi) is 7.24. The van der Waals surface area contributed by atoms with E-state index in [1.165, 1.54) is 11.6 Å². The van der Waals surface area contributed by atoms with Gasteiger partial charge in [-0.1, -0.05) is 18.7 Å².